The molecule has 0 aliphatic rings. The van der Waals surface area contributed by atoms with E-state index in [0.29, 0.717) is 12.3 Å². The van der Waals surface area contributed by atoms with Crippen LogP contribution in [0.25, 0.3) is 0 Å². The van der Waals surface area contributed by atoms with E-state index in [4.69, 9.17) is 4.74 Å². The second-order valence-electron chi connectivity index (χ2n) is 4.15. The Morgan fingerprint density at radius 1 is 1.21 bits per heavy atom. The minimum Gasteiger partial charge on any atom is -0.372 e. The quantitative estimate of drug-likeness (QED) is 0.603. The van der Waals surface area contributed by atoms with E-state index in [1.54, 1.807) is 13.8 Å². The molecule has 3 heteroatoms. The van der Waals surface area contributed by atoms with Gasteiger partial charge < -0.3 is 4.74 Å². The lowest BCUT2D eigenvalue weighted by atomic mass is 10.1. The summed E-state index contributed by atoms with van der Waals surface area (Å²) in [6.07, 6.45) is 2.99. The molecule has 0 bridgehead atoms. The number of halogens is 2. The van der Waals surface area contributed by atoms with E-state index in [9.17, 15) is 8.78 Å². The van der Waals surface area contributed by atoms with Gasteiger partial charge in [-0.05, 0) is 32.3 Å². The van der Waals surface area contributed by atoms with Crippen molar-refractivity contribution >= 4 is 0 Å². The van der Waals surface area contributed by atoms with Crippen LogP contribution in [0.2, 0.25) is 0 Å². The Hall–Kier alpha value is -0.440. The molecule has 0 saturated carbocycles. The highest BCUT2D eigenvalue weighted by Crippen LogP contribution is 2.17. The summed E-state index contributed by atoms with van der Waals surface area (Å²) in [7, 11) is 0. The van der Waals surface area contributed by atoms with Crippen LogP contribution in [0.4, 0.5) is 8.78 Å². The molecule has 0 amide bonds. The minimum absolute atomic E-state index is 0.153. The number of hydrogen-bond donors (Lipinski definition) is 0. The van der Waals surface area contributed by atoms with E-state index >= 15 is 0 Å². The first-order chi connectivity index (χ1) is 6.33. The molecule has 0 aromatic rings. The first-order valence-corrected chi connectivity index (χ1v) is 5.00. The van der Waals surface area contributed by atoms with Crippen LogP contribution >= 0.6 is 0 Å². The summed E-state index contributed by atoms with van der Waals surface area (Å²) in [6, 6.07) is 0. The van der Waals surface area contributed by atoms with E-state index in [0.717, 1.165) is 6.08 Å². The van der Waals surface area contributed by atoms with Crippen LogP contribution < -0.4 is 0 Å². The third-order valence-electron chi connectivity index (χ3n) is 1.58. The molecule has 0 atom stereocenters. The Labute approximate surface area is 85.1 Å². The van der Waals surface area contributed by atoms with Crippen molar-refractivity contribution in [1.82, 2.24) is 0 Å². The first kappa shape index (κ1) is 13.6. The number of ether oxygens (including phenoxy) is 1. The van der Waals surface area contributed by atoms with Gasteiger partial charge >= 0.3 is 0 Å². The fraction of sp³-hybridized carbons (Fsp3) is 0.818. The molecule has 0 fully saturated rings. The van der Waals surface area contributed by atoms with E-state index in [1.165, 1.54) is 6.08 Å². The maximum Gasteiger partial charge on any atom is 0.289 e. The Balaban J connectivity index is 3.87. The zero-order valence-corrected chi connectivity index (χ0v) is 9.39. The molecular weight excluding hydrogens is 186 g/mol. The molecule has 0 aliphatic carbocycles. The number of allylic oxidation sites excluding steroid dienone is 1. The maximum absolute atomic E-state index is 13.0. The first-order valence-electron chi connectivity index (χ1n) is 5.00. The monoisotopic (exact) mass is 206 g/mol. The van der Waals surface area contributed by atoms with E-state index in [-0.39, 0.29) is 6.10 Å². The SMILES string of the molecule is CC(C)CC=CC(F)(F)COC(C)C. The lowest BCUT2D eigenvalue weighted by Crippen LogP contribution is -2.23. The third kappa shape index (κ3) is 8.17. The van der Waals surface area contributed by atoms with Crippen molar-refractivity contribution < 1.29 is 13.5 Å². The molecule has 1 nitrogen and oxygen atoms in total. The molecule has 0 radical (unpaired) electrons. The van der Waals surface area contributed by atoms with E-state index in [1.807, 2.05) is 13.8 Å². The average Bonchev–Trinajstić information content (AvgIpc) is 2.00. The number of alkyl halides is 2. The van der Waals surface area contributed by atoms with Gasteiger partial charge in [-0.3, -0.25) is 0 Å². The van der Waals surface area contributed by atoms with Crippen LogP contribution in [0.3, 0.4) is 0 Å². The van der Waals surface area contributed by atoms with Gasteiger partial charge in [0.25, 0.3) is 5.92 Å². The van der Waals surface area contributed by atoms with Crippen molar-refractivity contribution in [1.29, 1.82) is 0 Å². The van der Waals surface area contributed by atoms with Crippen molar-refractivity contribution in [3.8, 4) is 0 Å². The van der Waals surface area contributed by atoms with E-state index in [2.05, 4.69) is 0 Å². The van der Waals surface area contributed by atoms with Gasteiger partial charge in [0.2, 0.25) is 0 Å². The molecule has 0 heterocycles. The van der Waals surface area contributed by atoms with Gasteiger partial charge in [0.15, 0.2) is 0 Å². The Kier molecular flexibility index (Phi) is 5.93. The largest absolute Gasteiger partial charge is 0.372 e. The summed E-state index contributed by atoms with van der Waals surface area (Å²) in [5.74, 6) is -2.42. The Bertz CT molecular complexity index is 174. The summed E-state index contributed by atoms with van der Waals surface area (Å²) in [4.78, 5) is 0. The van der Waals surface area contributed by atoms with Gasteiger partial charge in [-0.2, -0.15) is 8.78 Å². The van der Waals surface area contributed by atoms with Gasteiger partial charge in [-0.25, -0.2) is 0 Å². The third-order valence-corrected chi connectivity index (χ3v) is 1.58. The average molecular weight is 206 g/mol. The van der Waals surface area contributed by atoms with Gasteiger partial charge in [-0.1, -0.05) is 19.9 Å². The topological polar surface area (TPSA) is 9.23 Å². The molecule has 84 valence electrons. The van der Waals surface area contributed by atoms with Crippen LogP contribution in [0.1, 0.15) is 34.1 Å². The smallest absolute Gasteiger partial charge is 0.289 e. The van der Waals surface area contributed by atoms with Crippen molar-refractivity contribution in [3.05, 3.63) is 12.2 Å². The highest BCUT2D eigenvalue weighted by Gasteiger charge is 2.25. The molecule has 0 unspecified atom stereocenters. The maximum atomic E-state index is 13.0. The van der Waals surface area contributed by atoms with Crippen LogP contribution in [0.15, 0.2) is 12.2 Å². The van der Waals surface area contributed by atoms with Crippen LogP contribution in [0, 0.1) is 5.92 Å². The normalized spacial score (nSPS) is 13.4. The van der Waals surface area contributed by atoms with Gasteiger partial charge in [-0.15, -0.1) is 0 Å². The Morgan fingerprint density at radius 2 is 1.79 bits per heavy atom. The Morgan fingerprint density at radius 3 is 2.21 bits per heavy atom. The molecule has 14 heavy (non-hydrogen) atoms. The second kappa shape index (κ2) is 6.12. The van der Waals surface area contributed by atoms with Crippen molar-refractivity contribution in [2.45, 2.75) is 46.1 Å². The van der Waals surface area contributed by atoms with Crippen molar-refractivity contribution in [3.63, 3.8) is 0 Å². The molecular formula is C11H20F2O. The summed E-state index contributed by atoms with van der Waals surface area (Å²) >= 11 is 0. The predicted molar refractivity (Wildman–Crippen MR) is 54.6 cm³/mol. The summed E-state index contributed by atoms with van der Waals surface area (Å²) < 4.78 is 30.9. The number of hydrogen-bond acceptors (Lipinski definition) is 1. The van der Waals surface area contributed by atoms with Gasteiger partial charge in [0.05, 0.1) is 6.10 Å². The highest BCUT2D eigenvalue weighted by atomic mass is 19.3. The van der Waals surface area contributed by atoms with Crippen LogP contribution in [-0.4, -0.2) is 18.6 Å². The van der Waals surface area contributed by atoms with Gasteiger partial charge in [0, 0.05) is 0 Å². The summed E-state index contributed by atoms with van der Waals surface area (Å²) in [6.45, 7) is 6.95. The fourth-order valence-electron chi connectivity index (χ4n) is 0.839. The van der Waals surface area contributed by atoms with Gasteiger partial charge in [0.1, 0.15) is 6.61 Å². The zero-order valence-electron chi connectivity index (χ0n) is 9.39. The molecule has 0 aliphatic heterocycles. The molecule has 0 saturated heterocycles. The molecule has 0 rings (SSSR count). The predicted octanol–water partition coefficient (Wildman–Crippen LogP) is 3.65. The fourth-order valence-corrected chi connectivity index (χ4v) is 0.839. The molecule has 0 spiro atoms. The minimum atomic E-state index is -2.83. The summed E-state index contributed by atoms with van der Waals surface area (Å²) in [5, 5.41) is 0. The lowest BCUT2D eigenvalue weighted by molar-refractivity contribution is -0.0596. The lowest BCUT2D eigenvalue weighted by Gasteiger charge is -2.14. The van der Waals surface area contributed by atoms with Crippen LogP contribution in [0.5, 0.6) is 0 Å². The molecule has 0 aromatic heterocycles. The standard InChI is InChI=1S/C11H20F2O/c1-9(2)6-5-7-11(12,13)8-14-10(3)4/h5,7,9-10H,6,8H2,1-4H3. The van der Waals surface area contributed by atoms with Crippen molar-refractivity contribution in [2.24, 2.45) is 5.92 Å². The molecule has 0 aromatic carbocycles. The van der Waals surface area contributed by atoms with Crippen molar-refractivity contribution in [2.75, 3.05) is 6.61 Å². The second-order valence-corrected chi connectivity index (χ2v) is 4.15. The number of rotatable bonds is 6. The molecule has 0 N–H and O–H groups in total. The summed E-state index contributed by atoms with van der Waals surface area (Å²) in [5.41, 5.74) is 0. The zero-order chi connectivity index (χ0) is 11.2. The highest BCUT2D eigenvalue weighted by molar-refractivity contribution is 4.95. The van der Waals surface area contributed by atoms with E-state index < -0.39 is 12.5 Å². The van der Waals surface area contributed by atoms with Crippen LogP contribution in [-0.2, 0) is 4.74 Å².